The first-order chi connectivity index (χ1) is 33.6. The van der Waals surface area contributed by atoms with E-state index in [9.17, 15) is 0 Å². The number of hydrogen-bond acceptors (Lipinski definition) is 6. The van der Waals surface area contributed by atoms with Gasteiger partial charge in [-0.25, -0.2) is 0 Å². The van der Waals surface area contributed by atoms with Crippen LogP contribution in [0.15, 0.2) is 97.1 Å². The molecule has 0 unspecified atom stereocenters. The van der Waals surface area contributed by atoms with Crippen LogP contribution in [0.3, 0.4) is 0 Å². The molecule has 0 saturated carbocycles. The summed E-state index contributed by atoms with van der Waals surface area (Å²) in [5.41, 5.74) is 9.26. The van der Waals surface area contributed by atoms with Crippen LogP contribution in [0.4, 0.5) is 0 Å². The van der Waals surface area contributed by atoms with E-state index in [0.717, 1.165) is 35.7 Å². The zero-order valence-corrected chi connectivity index (χ0v) is 43.5. The van der Waals surface area contributed by atoms with E-state index < -0.39 is 25.4 Å². The molecule has 0 bridgehead atoms. The molecule has 4 aliphatic rings. The maximum Gasteiger partial charge on any atom is 0.495 e. The van der Waals surface area contributed by atoms with Gasteiger partial charge in [0.05, 0.1) is 11.2 Å². The molecule has 362 valence electrons. The first kappa shape index (κ1) is 48.1. The summed E-state index contributed by atoms with van der Waals surface area (Å²) < 4.78 is 39.6. The van der Waals surface area contributed by atoms with Crippen LogP contribution in [0.5, 0.6) is 0 Å². The third-order valence-corrected chi connectivity index (χ3v) is 17.1. The van der Waals surface area contributed by atoms with Crippen molar-refractivity contribution in [2.45, 2.75) is 150 Å². The number of hydrogen-bond donors (Lipinski definition) is 0. The lowest BCUT2D eigenvalue weighted by atomic mass is 9.67. The molecule has 0 aromatic heterocycles. The van der Waals surface area contributed by atoms with Crippen molar-refractivity contribution in [1.29, 1.82) is 0 Å². The Bertz CT molecular complexity index is 3020. The Balaban J connectivity index is 0.895. The Kier molecular flexibility index (Phi) is 12.6. The summed E-state index contributed by atoms with van der Waals surface area (Å²) in [6.45, 7) is 22.5. The molecule has 3 fully saturated rings. The molecule has 11 rings (SSSR count). The van der Waals surface area contributed by atoms with Gasteiger partial charge in [-0.1, -0.05) is 183 Å². The molecule has 3 aliphatic heterocycles. The minimum Gasteiger partial charge on any atom is -0.407 e. The summed E-state index contributed by atoms with van der Waals surface area (Å²) >= 11 is 0. The fourth-order valence-electron chi connectivity index (χ4n) is 12.6. The summed E-state index contributed by atoms with van der Waals surface area (Å²) in [6, 6.07) is 37.1. The first-order valence-corrected chi connectivity index (χ1v) is 26.9. The molecule has 0 N–H and O–H groups in total. The fraction of sp³-hybridized carbons (Fsp3) is 0.475. The number of unbranched alkanes of at least 4 members (excludes halogenated alkanes) is 6. The topological polar surface area (TPSA) is 55.4 Å². The minimum atomic E-state index is -0.425. The van der Waals surface area contributed by atoms with Crippen molar-refractivity contribution >= 4 is 80.8 Å². The number of benzene rings is 7. The molecule has 7 aromatic carbocycles. The van der Waals surface area contributed by atoms with E-state index in [2.05, 4.69) is 159 Å². The number of rotatable bonds is 15. The van der Waals surface area contributed by atoms with Gasteiger partial charge in [0, 0.05) is 42.7 Å². The molecule has 1 aliphatic carbocycles. The van der Waals surface area contributed by atoms with Crippen molar-refractivity contribution < 1.29 is 27.9 Å². The molecule has 0 atom stereocenters. The van der Waals surface area contributed by atoms with Crippen LogP contribution in [0.1, 0.15) is 143 Å². The largest absolute Gasteiger partial charge is 0.495 e. The van der Waals surface area contributed by atoms with E-state index in [0.29, 0.717) is 26.4 Å². The van der Waals surface area contributed by atoms with Crippen molar-refractivity contribution in [2.24, 2.45) is 10.8 Å². The Morgan fingerprint density at radius 3 is 1.76 bits per heavy atom. The molecule has 3 saturated heterocycles. The van der Waals surface area contributed by atoms with Gasteiger partial charge in [0.2, 0.25) is 0 Å². The van der Waals surface area contributed by atoms with Gasteiger partial charge >= 0.3 is 21.4 Å². The van der Waals surface area contributed by atoms with Crippen molar-refractivity contribution in [3.8, 4) is 11.1 Å². The highest BCUT2D eigenvalue weighted by atomic mass is 16.7. The van der Waals surface area contributed by atoms with Gasteiger partial charge in [-0.15, -0.1) is 0 Å². The van der Waals surface area contributed by atoms with Gasteiger partial charge in [0.25, 0.3) is 0 Å². The van der Waals surface area contributed by atoms with Gasteiger partial charge in [0.1, 0.15) is 0 Å². The quantitative estimate of drug-likeness (QED) is 0.0580. The minimum absolute atomic E-state index is 0.0248. The second-order valence-corrected chi connectivity index (χ2v) is 23.9. The first-order valence-electron chi connectivity index (χ1n) is 26.9. The van der Waals surface area contributed by atoms with Crippen molar-refractivity contribution in [2.75, 3.05) is 26.4 Å². The molecular weight excluding hydrogens is 861 g/mol. The second kappa shape index (κ2) is 18.4. The van der Waals surface area contributed by atoms with Gasteiger partial charge in [0.15, 0.2) is 0 Å². The lowest BCUT2D eigenvalue weighted by Crippen LogP contribution is -2.49. The normalized spacial score (nSPS) is 20.0. The molecule has 0 radical (unpaired) electrons. The van der Waals surface area contributed by atoms with Crippen LogP contribution in [-0.4, -0.2) is 59.0 Å². The van der Waals surface area contributed by atoms with E-state index >= 15 is 0 Å². The maximum absolute atomic E-state index is 6.91. The maximum atomic E-state index is 6.91. The average Bonchev–Trinajstić information content (AvgIpc) is 3.75. The Morgan fingerprint density at radius 1 is 0.486 bits per heavy atom. The second-order valence-electron chi connectivity index (χ2n) is 23.9. The molecule has 0 spiro atoms. The van der Waals surface area contributed by atoms with E-state index in [1.54, 1.807) is 0 Å². The zero-order valence-electron chi connectivity index (χ0n) is 43.5. The monoisotopic (exact) mass is 935 g/mol. The van der Waals surface area contributed by atoms with Crippen LogP contribution >= 0.6 is 0 Å². The number of fused-ring (bicyclic) bond motifs is 5. The van der Waals surface area contributed by atoms with Crippen molar-refractivity contribution in [3.05, 3.63) is 114 Å². The summed E-state index contributed by atoms with van der Waals surface area (Å²) in [4.78, 5) is 0. The summed E-state index contributed by atoms with van der Waals surface area (Å²) in [7, 11) is -1.18. The van der Waals surface area contributed by atoms with Crippen molar-refractivity contribution in [1.82, 2.24) is 0 Å². The Morgan fingerprint density at radius 2 is 1.07 bits per heavy atom. The molecule has 0 amide bonds. The average molecular weight is 935 g/mol. The smallest absolute Gasteiger partial charge is 0.407 e. The summed E-state index contributed by atoms with van der Waals surface area (Å²) in [5, 5.41) is 10.2. The third kappa shape index (κ3) is 8.43. The lowest BCUT2D eigenvalue weighted by Gasteiger charge is -2.37. The highest BCUT2D eigenvalue weighted by molar-refractivity contribution is 6.66. The van der Waals surface area contributed by atoms with Gasteiger partial charge in [-0.05, 0) is 134 Å². The molecule has 7 aromatic rings. The Labute approximate surface area is 418 Å². The highest BCUT2D eigenvalue weighted by Gasteiger charge is 2.52. The predicted octanol–water partition coefficient (Wildman–Crippen LogP) is 13.0. The standard InChI is InChI=1S/C61H73B3O6/c1-10-12-14-16-31-61(32-17-15-13-11-2)52-35-46(25-29-49(52)50-26-22-42-34-45(24-28-48(42)56(50)61)62-65-37-57(3,4)38-66-62)63-67-39-60(9,40-68-63)36-44-33-43-23-30-53(64-69-58(5,6)59(7,8)70-64)51-27-21-41-19-18-20-47(44)54(41)55(43)51/h18-30,33-35H,10-17,31-32,36-40H2,1-9H3. The zero-order chi connectivity index (χ0) is 48.6. The molecule has 9 heteroatoms. The van der Waals surface area contributed by atoms with Crippen LogP contribution in [-0.2, 0) is 39.8 Å². The van der Waals surface area contributed by atoms with Crippen LogP contribution in [0.25, 0.3) is 54.2 Å². The van der Waals surface area contributed by atoms with Crippen molar-refractivity contribution in [3.63, 3.8) is 0 Å². The van der Waals surface area contributed by atoms with Crippen LogP contribution in [0.2, 0.25) is 0 Å². The van der Waals surface area contributed by atoms with Gasteiger partial charge in [-0.3, -0.25) is 0 Å². The molecule has 3 heterocycles. The lowest BCUT2D eigenvalue weighted by molar-refractivity contribution is 0.00578. The molecule has 6 nitrogen and oxygen atoms in total. The molecule has 70 heavy (non-hydrogen) atoms. The van der Waals surface area contributed by atoms with Crippen LogP contribution in [0, 0.1) is 10.8 Å². The summed E-state index contributed by atoms with van der Waals surface area (Å²) in [5.74, 6) is 0. The van der Waals surface area contributed by atoms with E-state index in [4.69, 9.17) is 27.9 Å². The van der Waals surface area contributed by atoms with Crippen LogP contribution < -0.4 is 16.4 Å². The predicted molar refractivity (Wildman–Crippen MR) is 294 cm³/mol. The third-order valence-electron chi connectivity index (χ3n) is 17.1. The SMILES string of the molecule is CCCCCCC1(CCCCCC)c2cc(B3OCC(C)(Cc4cc5ccc(B6OC(C)(C)C(C)(C)O6)c6ccc7cccc4c7c56)CO3)ccc2-c2ccc3cc(B4OCC(C)(C)CO4)ccc3c21. The van der Waals surface area contributed by atoms with E-state index in [-0.39, 0.29) is 23.4 Å². The van der Waals surface area contributed by atoms with Gasteiger partial charge < -0.3 is 27.9 Å². The Hall–Kier alpha value is -4.21. The van der Waals surface area contributed by atoms with E-state index in [1.165, 1.54) is 122 Å². The highest BCUT2D eigenvalue weighted by Crippen LogP contribution is 2.56. The van der Waals surface area contributed by atoms with E-state index in [1.807, 2.05) is 0 Å². The fourth-order valence-corrected chi connectivity index (χ4v) is 12.6. The molecular formula is C61H73B3O6. The summed E-state index contributed by atoms with van der Waals surface area (Å²) in [6.07, 6.45) is 13.0. The van der Waals surface area contributed by atoms with Gasteiger partial charge in [-0.2, -0.15) is 0 Å².